The van der Waals surface area contributed by atoms with Gasteiger partial charge in [-0.05, 0) is 19.8 Å². The lowest BCUT2D eigenvalue weighted by atomic mass is 9.98. The molecule has 1 aromatic rings. The maximum Gasteiger partial charge on any atom is 0.0537 e. The van der Waals surface area contributed by atoms with Crippen molar-refractivity contribution in [1.82, 2.24) is 15.1 Å². The molecule has 2 rings (SSSR count). The molecule has 1 aromatic heterocycles. The Morgan fingerprint density at radius 1 is 1.00 bits per heavy atom. The fraction of sp³-hybridized carbons (Fsp3) is 0.833. The first-order valence-electron chi connectivity index (χ1n) is 8.98. The topological polar surface area (TPSA) is 29.9 Å². The molecule has 1 fully saturated rings. The van der Waals surface area contributed by atoms with Gasteiger partial charge < -0.3 is 5.32 Å². The second kappa shape index (κ2) is 9.24. The Bertz CT molecular complexity index is 385. The first-order valence-corrected chi connectivity index (χ1v) is 8.98. The van der Waals surface area contributed by atoms with Gasteiger partial charge in [-0.2, -0.15) is 5.10 Å². The van der Waals surface area contributed by atoms with Gasteiger partial charge in [0.25, 0.3) is 0 Å². The molecule has 1 saturated carbocycles. The number of hydrogen-bond acceptors (Lipinski definition) is 2. The fourth-order valence-corrected chi connectivity index (χ4v) is 3.34. The SMILES string of the molecule is Cc1c(CNC2CCCCCCCCCCC2)cnn1C. The zero-order chi connectivity index (χ0) is 14.9. The first kappa shape index (κ1) is 16.5. The van der Waals surface area contributed by atoms with Crippen molar-refractivity contribution in [3.8, 4) is 0 Å². The molecule has 1 heterocycles. The summed E-state index contributed by atoms with van der Waals surface area (Å²) in [6.07, 6.45) is 17.6. The molecule has 3 heteroatoms. The molecule has 21 heavy (non-hydrogen) atoms. The number of rotatable bonds is 3. The maximum atomic E-state index is 4.34. The normalized spacial score (nSPS) is 19.9. The summed E-state index contributed by atoms with van der Waals surface area (Å²) in [6, 6.07) is 0.698. The lowest BCUT2D eigenvalue weighted by molar-refractivity contribution is 0.402. The molecular formula is C18H33N3. The number of aryl methyl sites for hydroxylation is 1. The Morgan fingerprint density at radius 2 is 1.52 bits per heavy atom. The van der Waals surface area contributed by atoms with Gasteiger partial charge in [0.05, 0.1) is 6.20 Å². The highest BCUT2D eigenvalue weighted by Gasteiger charge is 2.11. The summed E-state index contributed by atoms with van der Waals surface area (Å²) >= 11 is 0. The van der Waals surface area contributed by atoms with Crippen LogP contribution in [0.3, 0.4) is 0 Å². The van der Waals surface area contributed by atoms with Gasteiger partial charge in [0, 0.05) is 30.9 Å². The molecule has 0 aliphatic heterocycles. The highest BCUT2D eigenvalue weighted by molar-refractivity contribution is 5.15. The van der Waals surface area contributed by atoms with E-state index in [1.165, 1.54) is 81.9 Å². The highest BCUT2D eigenvalue weighted by Crippen LogP contribution is 2.17. The number of hydrogen-bond donors (Lipinski definition) is 1. The van der Waals surface area contributed by atoms with Crippen LogP contribution in [0.2, 0.25) is 0 Å². The average molecular weight is 291 g/mol. The molecule has 0 amide bonds. The summed E-state index contributed by atoms with van der Waals surface area (Å²) in [5, 5.41) is 8.13. The summed E-state index contributed by atoms with van der Waals surface area (Å²) in [6.45, 7) is 3.13. The third-order valence-electron chi connectivity index (χ3n) is 5.02. The van der Waals surface area contributed by atoms with Crippen LogP contribution in [-0.4, -0.2) is 15.8 Å². The molecule has 3 nitrogen and oxygen atoms in total. The number of aromatic nitrogens is 2. The highest BCUT2D eigenvalue weighted by atomic mass is 15.3. The van der Waals surface area contributed by atoms with Gasteiger partial charge in [0.1, 0.15) is 0 Å². The van der Waals surface area contributed by atoms with Crippen molar-refractivity contribution in [1.29, 1.82) is 0 Å². The summed E-state index contributed by atoms with van der Waals surface area (Å²) in [4.78, 5) is 0. The quantitative estimate of drug-likeness (QED) is 0.889. The van der Waals surface area contributed by atoms with E-state index in [1.54, 1.807) is 0 Å². The standard InChI is InChI=1S/C18H33N3/c1-16-17(15-20-21(16)2)14-19-18-12-10-8-6-4-3-5-7-9-11-13-18/h15,18-19H,3-14H2,1-2H3. The first-order chi connectivity index (χ1) is 10.3. The number of nitrogens with one attached hydrogen (secondary N) is 1. The molecule has 0 atom stereocenters. The average Bonchev–Trinajstić information content (AvgIpc) is 2.78. The largest absolute Gasteiger partial charge is 0.310 e. The Hall–Kier alpha value is -0.830. The van der Waals surface area contributed by atoms with Crippen LogP contribution in [0.5, 0.6) is 0 Å². The summed E-state index contributed by atoms with van der Waals surface area (Å²) < 4.78 is 1.97. The van der Waals surface area contributed by atoms with E-state index in [4.69, 9.17) is 0 Å². The Kier molecular flexibility index (Phi) is 7.28. The van der Waals surface area contributed by atoms with Crippen LogP contribution in [0, 0.1) is 6.92 Å². The van der Waals surface area contributed by atoms with E-state index in [0.29, 0.717) is 6.04 Å². The van der Waals surface area contributed by atoms with E-state index in [-0.39, 0.29) is 0 Å². The zero-order valence-electron chi connectivity index (χ0n) is 14.0. The molecule has 1 aliphatic rings. The summed E-state index contributed by atoms with van der Waals surface area (Å²) in [7, 11) is 2.02. The van der Waals surface area contributed by atoms with Crippen molar-refractivity contribution < 1.29 is 0 Å². The second-order valence-electron chi connectivity index (χ2n) is 6.72. The minimum absolute atomic E-state index is 0.698. The van der Waals surface area contributed by atoms with Gasteiger partial charge in [-0.15, -0.1) is 0 Å². The van der Waals surface area contributed by atoms with Crippen LogP contribution >= 0.6 is 0 Å². The third kappa shape index (κ3) is 5.82. The molecule has 0 unspecified atom stereocenters. The predicted octanol–water partition coefficient (Wildman–Crippen LogP) is 4.49. The lowest BCUT2D eigenvalue weighted by Crippen LogP contribution is -2.28. The fourth-order valence-electron chi connectivity index (χ4n) is 3.34. The van der Waals surface area contributed by atoms with Crippen LogP contribution in [0.15, 0.2) is 6.20 Å². The molecule has 1 N–H and O–H groups in total. The van der Waals surface area contributed by atoms with E-state index < -0.39 is 0 Å². The molecule has 0 aromatic carbocycles. The zero-order valence-corrected chi connectivity index (χ0v) is 14.0. The summed E-state index contributed by atoms with van der Waals surface area (Å²) in [5.74, 6) is 0. The van der Waals surface area contributed by atoms with Crippen LogP contribution < -0.4 is 5.32 Å². The van der Waals surface area contributed by atoms with Gasteiger partial charge in [0.15, 0.2) is 0 Å². The Morgan fingerprint density at radius 3 is 2.00 bits per heavy atom. The van der Waals surface area contributed by atoms with Crippen molar-refractivity contribution >= 4 is 0 Å². The molecule has 0 spiro atoms. The van der Waals surface area contributed by atoms with Crippen LogP contribution in [-0.2, 0) is 13.6 Å². The summed E-state index contributed by atoms with van der Waals surface area (Å²) in [5.41, 5.74) is 2.64. The van der Waals surface area contributed by atoms with Gasteiger partial charge >= 0.3 is 0 Å². The van der Waals surface area contributed by atoms with Crippen molar-refractivity contribution in [3.05, 3.63) is 17.5 Å². The molecule has 0 saturated heterocycles. The maximum absolute atomic E-state index is 4.34. The second-order valence-corrected chi connectivity index (χ2v) is 6.72. The van der Waals surface area contributed by atoms with Gasteiger partial charge in [0.2, 0.25) is 0 Å². The molecule has 1 aliphatic carbocycles. The van der Waals surface area contributed by atoms with Gasteiger partial charge in [-0.1, -0.05) is 57.8 Å². The monoisotopic (exact) mass is 291 g/mol. The number of nitrogens with zero attached hydrogens (tertiary/aromatic N) is 2. The minimum Gasteiger partial charge on any atom is -0.310 e. The lowest BCUT2D eigenvalue weighted by Gasteiger charge is -2.19. The van der Waals surface area contributed by atoms with Gasteiger partial charge in [-0.25, -0.2) is 0 Å². The Labute approximate surface area is 130 Å². The van der Waals surface area contributed by atoms with E-state index >= 15 is 0 Å². The van der Waals surface area contributed by atoms with Crippen LogP contribution in [0.1, 0.15) is 81.9 Å². The van der Waals surface area contributed by atoms with Crippen molar-refractivity contribution in [2.45, 2.75) is 90.1 Å². The molecule has 0 radical (unpaired) electrons. The predicted molar refractivity (Wildman–Crippen MR) is 89.4 cm³/mol. The molecule has 120 valence electrons. The third-order valence-corrected chi connectivity index (χ3v) is 5.02. The van der Waals surface area contributed by atoms with Crippen molar-refractivity contribution in [3.63, 3.8) is 0 Å². The van der Waals surface area contributed by atoms with E-state index in [9.17, 15) is 0 Å². The van der Waals surface area contributed by atoms with Gasteiger partial charge in [-0.3, -0.25) is 4.68 Å². The molecule has 0 bridgehead atoms. The Balaban J connectivity index is 1.78. The van der Waals surface area contributed by atoms with E-state index in [0.717, 1.165) is 6.54 Å². The van der Waals surface area contributed by atoms with Crippen LogP contribution in [0.4, 0.5) is 0 Å². The van der Waals surface area contributed by atoms with E-state index in [2.05, 4.69) is 17.3 Å². The van der Waals surface area contributed by atoms with E-state index in [1.807, 2.05) is 17.9 Å². The van der Waals surface area contributed by atoms with Crippen molar-refractivity contribution in [2.24, 2.45) is 7.05 Å². The molecular weight excluding hydrogens is 258 g/mol. The minimum atomic E-state index is 0.698. The van der Waals surface area contributed by atoms with Crippen molar-refractivity contribution in [2.75, 3.05) is 0 Å². The smallest absolute Gasteiger partial charge is 0.0537 e. The van der Waals surface area contributed by atoms with Crippen LogP contribution in [0.25, 0.3) is 0 Å².